The first kappa shape index (κ1) is 12.7. The van der Waals surface area contributed by atoms with Gasteiger partial charge < -0.3 is 10.6 Å². The molecule has 0 atom stereocenters. The summed E-state index contributed by atoms with van der Waals surface area (Å²) in [6.45, 7) is 0.873. The van der Waals surface area contributed by atoms with E-state index in [1.807, 2.05) is 18.3 Å². The van der Waals surface area contributed by atoms with Crippen molar-refractivity contribution in [2.45, 2.75) is 25.4 Å². The van der Waals surface area contributed by atoms with Crippen LogP contribution in [0.2, 0.25) is 0 Å². The van der Waals surface area contributed by atoms with E-state index in [1.165, 1.54) is 28.5 Å². The molecule has 0 bridgehead atoms. The molecular formula is C17H17N3S. The molecule has 1 aliphatic rings. The fourth-order valence-electron chi connectivity index (χ4n) is 2.76. The van der Waals surface area contributed by atoms with Crippen molar-refractivity contribution in [1.29, 1.82) is 0 Å². The van der Waals surface area contributed by atoms with E-state index in [2.05, 4.69) is 39.5 Å². The zero-order valence-electron chi connectivity index (χ0n) is 11.7. The average molecular weight is 295 g/mol. The van der Waals surface area contributed by atoms with E-state index in [0.29, 0.717) is 6.04 Å². The van der Waals surface area contributed by atoms with Gasteiger partial charge >= 0.3 is 0 Å². The van der Waals surface area contributed by atoms with Gasteiger partial charge in [0.1, 0.15) is 5.82 Å². The molecule has 0 spiro atoms. The van der Waals surface area contributed by atoms with Crippen molar-refractivity contribution in [3.63, 3.8) is 0 Å². The molecule has 2 N–H and O–H groups in total. The van der Waals surface area contributed by atoms with Crippen LogP contribution in [0.5, 0.6) is 0 Å². The van der Waals surface area contributed by atoms with E-state index in [9.17, 15) is 0 Å². The summed E-state index contributed by atoms with van der Waals surface area (Å²) < 4.78 is 1.30. The Labute approximate surface area is 128 Å². The third-order valence-electron chi connectivity index (χ3n) is 3.92. The van der Waals surface area contributed by atoms with Crippen molar-refractivity contribution in [2.24, 2.45) is 0 Å². The number of hydrogen-bond donors (Lipinski definition) is 1. The van der Waals surface area contributed by atoms with E-state index in [4.69, 9.17) is 5.73 Å². The van der Waals surface area contributed by atoms with Crippen molar-refractivity contribution in [1.82, 2.24) is 4.98 Å². The lowest BCUT2D eigenvalue weighted by molar-refractivity contribution is 0.783. The molecule has 1 aromatic carbocycles. The Morgan fingerprint density at radius 1 is 1.24 bits per heavy atom. The summed E-state index contributed by atoms with van der Waals surface area (Å²) in [7, 11) is 0. The Morgan fingerprint density at radius 3 is 2.95 bits per heavy atom. The summed E-state index contributed by atoms with van der Waals surface area (Å²) in [6.07, 6.45) is 4.43. The Hall–Kier alpha value is -2.07. The van der Waals surface area contributed by atoms with Crippen LogP contribution in [0, 0.1) is 0 Å². The number of pyridine rings is 1. The number of nitrogens with zero attached hydrogens (tertiary/aromatic N) is 2. The first-order valence-corrected chi connectivity index (χ1v) is 8.12. The Morgan fingerprint density at radius 2 is 2.14 bits per heavy atom. The van der Waals surface area contributed by atoms with E-state index in [-0.39, 0.29) is 0 Å². The van der Waals surface area contributed by atoms with Gasteiger partial charge in [-0.25, -0.2) is 4.98 Å². The fourth-order valence-corrected chi connectivity index (χ4v) is 3.54. The smallest absolute Gasteiger partial charge is 0.137 e. The van der Waals surface area contributed by atoms with Crippen LogP contribution in [0.3, 0.4) is 0 Å². The van der Waals surface area contributed by atoms with Gasteiger partial charge in [0.15, 0.2) is 0 Å². The van der Waals surface area contributed by atoms with Gasteiger partial charge in [-0.05, 0) is 48.1 Å². The molecule has 3 nitrogen and oxygen atoms in total. The zero-order valence-corrected chi connectivity index (χ0v) is 12.5. The molecule has 1 aliphatic carbocycles. The second-order valence-electron chi connectivity index (χ2n) is 5.57. The maximum absolute atomic E-state index is 5.91. The number of aromatic nitrogens is 1. The summed E-state index contributed by atoms with van der Waals surface area (Å²) in [5.74, 6) is 1.11. The van der Waals surface area contributed by atoms with Crippen LogP contribution in [0.15, 0.2) is 48.0 Å². The van der Waals surface area contributed by atoms with Gasteiger partial charge in [-0.1, -0.05) is 12.1 Å². The van der Waals surface area contributed by atoms with E-state index in [0.717, 1.165) is 18.1 Å². The molecule has 4 heteroatoms. The first-order chi connectivity index (χ1) is 10.3. The van der Waals surface area contributed by atoms with Gasteiger partial charge in [0, 0.05) is 34.6 Å². The van der Waals surface area contributed by atoms with Gasteiger partial charge in [-0.3, -0.25) is 0 Å². The fraction of sp³-hybridized carbons (Fsp3) is 0.235. The van der Waals surface area contributed by atoms with Crippen molar-refractivity contribution in [2.75, 3.05) is 10.6 Å². The monoisotopic (exact) mass is 295 g/mol. The Bertz CT molecular complexity index is 776. The molecular weight excluding hydrogens is 278 g/mol. The summed E-state index contributed by atoms with van der Waals surface area (Å²) in [4.78, 5) is 7.09. The highest BCUT2D eigenvalue weighted by Crippen LogP contribution is 2.37. The number of rotatable bonds is 4. The summed E-state index contributed by atoms with van der Waals surface area (Å²) in [5.41, 5.74) is 7.98. The molecule has 0 aliphatic heterocycles. The van der Waals surface area contributed by atoms with Gasteiger partial charge in [0.25, 0.3) is 0 Å². The Kier molecular flexibility index (Phi) is 3.04. The highest BCUT2D eigenvalue weighted by molar-refractivity contribution is 7.17. The standard InChI is InChI=1S/C17H17N3S/c18-13-3-1-2-12(10-13)11-20(14-4-5-14)17-15-7-9-21-16(15)6-8-19-17/h1-3,6-10,14H,4-5,11,18H2. The topological polar surface area (TPSA) is 42.1 Å². The number of anilines is 2. The van der Waals surface area contributed by atoms with E-state index < -0.39 is 0 Å². The van der Waals surface area contributed by atoms with Crippen molar-refractivity contribution in [3.05, 3.63) is 53.5 Å². The molecule has 2 heterocycles. The number of benzene rings is 1. The van der Waals surface area contributed by atoms with Crippen LogP contribution in [0.4, 0.5) is 11.5 Å². The lowest BCUT2D eigenvalue weighted by Gasteiger charge is -2.24. The molecule has 3 aromatic rings. The molecule has 0 amide bonds. The maximum Gasteiger partial charge on any atom is 0.137 e. The summed E-state index contributed by atoms with van der Waals surface area (Å²) in [6, 6.07) is 13.0. The molecule has 2 aromatic heterocycles. The largest absolute Gasteiger partial charge is 0.399 e. The predicted octanol–water partition coefficient (Wildman–Crippen LogP) is 4.05. The number of fused-ring (bicyclic) bond motifs is 1. The molecule has 1 saturated carbocycles. The van der Waals surface area contributed by atoms with Crippen LogP contribution < -0.4 is 10.6 Å². The van der Waals surface area contributed by atoms with Crippen LogP contribution in [0.25, 0.3) is 10.1 Å². The molecule has 106 valence electrons. The lowest BCUT2D eigenvalue weighted by Crippen LogP contribution is -2.26. The number of nitrogen functional groups attached to an aromatic ring is 1. The van der Waals surface area contributed by atoms with Gasteiger partial charge in [-0.15, -0.1) is 11.3 Å². The van der Waals surface area contributed by atoms with E-state index in [1.54, 1.807) is 11.3 Å². The number of hydrogen-bond acceptors (Lipinski definition) is 4. The van der Waals surface area contributed by atoms with Crippen molar-refractivity contribution >= 4 is 32.9 Å². The molecule has 4 rings (SSSR count). The SMILES string of the molecule is Nc1cccc(CN(c2nccc3sccc23)C2CC2)c1. The average Bonchev–Trinajstić information content (AvgIpc) is 3.21. The van der Waals surface area contributed by atoms with E-state index >= 15 is 0 Å². The van der Waals surface area contributed by atoms with Gasteiger partial charge in [-0.2, -0.15) is 0 Å². The third-order valence-corrected chi connectivity index (χ3v) is 4.80. The van der Waals surface area contributed by atoms with Crippen LogP contribution in [-0.2, 0) is 6.54 Å². The van der Waals surface area contributed by atoms with Crippen molar-refractivity contribution < 1.29 is 0 Å². The number of thiophene rings is 1. The molecule has 0 unspecified atom stereocenters. The van der Waals surface area contributed by atoms with Gasteiger partial charge in [0.05, 0.1) is 0 Å². The van der Waals surface area contributed by atoms with Gasteiger partial charge in [0.2, 0.25) is 0 Å². The second-order valence-corrected chi connectivity index (χ2v) is 6.52. The minimum absolute atomic E-state index is 0.615. The van der Waals surface area contributed by atoms with Crippen LogP contribution in [0.1, 0.15) is 18.4 Å². The zero-order chi connectivity index (χ0) is 14.2. The highest BCUT2D eigenvalue weighted by Gasteiger charge is 2.31. The molecule has 0 saturated heterocycles. The van der Waals surface area contributed by atoms with Crippen molar-refractivity contribution in [3.8, 4) is 0 Å². The maximum atomic E-state index is 5.91. The minimum atomic E-state index is 0.615. The quantitative estimate of drug-likeness (QED) is 0.738. The summed E-state index contributed by atoms with van der Waals surface area (Å²) in [5, 5.41) is 3.40. The number of nitrogens with two attached hydrogens (primary N) is 1. The molecule has 21 heavy (non-hydrogen) atoms. The minimum Gasteiger partial charge on any atom is -0.399 e. The third kappa shape index (κ3) is 2.47. The highest BCUT2D eigenvalue weighted by atomic mass is 32.1. The second kappa shape index (κ2) is 5.04. The normalized spacial score (nSPS) is 14.5. The molecule has 1 fully saturated rings. The molecule has 0 radical (unpaired) electrons. The lowest BCUT2D eigenvalue weighted by atomic mass is 10.2. The Balaban J connectivity index is 1.73. The summed E-state index contributed by atoms with van der Waals surface area (Å²) >= 11 is 1.77. The first-order valence-electron chi connectivity index (χ1n) is 7.24. The predicted molar refractivity (Wildman–Crippen MR) is 89.7 cm³/mol. The van der Waals surface area contributed by atoms with Crippen LogP contribution >= 0.6 is 11.3 Å². The van der Waals surface area contributed by atoms with Crippen LogP contribution in [-0.4, -0.2) is 11.0 Å².